The number of imidazole rings is 1. The van der Waals surface area contributed by atoms with Crippen molar-refractivity contribution in [2.24, 2.45) is 0 Å². The molecule has 2 N–H and O–H groups in total. The normalized spacial score (nSPS) is 11.9. The lowest BCUT2D eigenvalue weighted by atomic mass is 10.5. The van der Waals surface area contributed by atoms with Crippen molar-refractivity contribution in [3.05, 3.63) is 34.5 Å². The van der Waals surface area contributed by atoms with Crippen molar-refractivity contribution in [1.82, 2.24) is 14.3 Å². The van der Waals surface area contributed by atoms with E-state index in [2.05, 4.69) is 9.97 Å². The SMILES string of the molecule is CN(Cc1ncc[nH]1)S(=O)(=O)c1ccsc1C(=O)O. The number of aromatic carboxylic acids is 1. The number of thiophene rings is 1. The quantitative estimate of drug-likeness (QED) is 0.857. The second-order valence-corrected chi connectivity index (χ2v) is 6.65. The number of hydrogen-bond donors (Lipinski definition) is 2. The van der Waals surface area contributed by atoms with E-state index in [4.69, 9.17) is 5.11 Å². The van der Waals surface area contributed by atoms with Crippen molar-refractivity contribution in [3.63, 3.8) is 0 Å². The highest BCUT2D eigenvalue weighted by molar-refractivity contribution is 7.89. The fraction of sp³-hybridized carbons (Fsp3) is 0.200. The third kappa shape index (κ3) is 2.67. The molecule has 2 heterocycles. The number of nitrogens with one attached hydrogen (secondary N) is 1. The summed E-state index contributed by atoms with van der Waals surface area (Å²) in [7, 11) is -2.47. The molecule has 0 aliphatic carbocycles. The Hall–Kier alpha value is -1.71. The summed E-state index contributed by atoms with van der Waals surface area (Å²) >= 11 is 0.881. The summed E-state index contributed by atoms with van der Waals surface area (Å²) in [6.07, 6.45) is 3.10. The zero-order valence-corrected chi connectivity index (χ0v) is 11.5. The fourth-order valence-corrected chi connectivity index (χ4v) is 3.87. The highest BCUT2D eigenvalue weighted by Crippen LogP contribution is 2.25. The third-order valence-corrected chi connectivity index (χ3v) is 5.32. The molecule has 2 aromatic rings. The Balaban J connectivity index is 2.31. The average molecular weight is 301 g/mol. The number of H-pyrrole nitrogens is 1. The van der Waals surface area contributed by atoms with Gasteiger partial charge < -0.3 is 10.1 Å². The molecule has 0 aliphatic rings. The summed E-state index contributed by atoms with van der Waals surface area (Å²) < 4.78 is 25.6. The molecule has 0 atom stereocenters. The predicted octanol–water partition coefficient (Wildman–Crippen LogP) is 0.990. The number of carboxylic acid groups (broad SMARTS) is 1. The number of sulfonamides is 1. The topological polar surface area (TPSA) is 103 Å². The molecule has 0 aromatic carbocycles. The van der Waals surface area contributed by atoms with Gasteiger partial charge in [-0.25, -0.2) is 18.2 Å². The van der Waals surface area contributed by atoms with Crippen molar-refractivity contribution in [2.75, 3.05) is 7.05 Å². The maximum atomic E-state index is 12.3. The van der Waals surface area contributed by atoms with Crippen LogP contribution in [0.5, 0.6) is 0 Å². The van der Waals surface area contributed by atoms with Gasteiger partial charge in [-0.15, -0.1) is 11.3 Å². The molecule has 9 heteroatoms. The summed E-state index contributed by atoms with van der Waals surface area (Å²) in [6.45, 7) is 0.0459. The van der Waals surface area contributed by atoms with Gasteiger partial charge in [-0.05, 0) is 11.4 Å². The van der Waals surface area contributed by atoms with Gasteiger partial charge in [0, 0.05) is 19.4 Å². The second kappa shape index (κ2) is 5.11. The van der Waals surface area contributed by atoms with Gasteiger partial charge in [-0.2, -0.15) is 4.31 Å². The van der Waals surface area contributed by atoms with Crippen LogP contribution in [0.3, 0.4) is 0 Å². The van der Waals surface area contributed by atoms with E-state index >= 15 is 0 Å². The zero-order valence-electron chi connectivity index (χ0n) is 9.90. The highest BCUT2D eigenvalue weighted by Gasteiger charge is 2.28. The monoisotopic (exact) mass is 301 g/mol. The van der Waals surface area contributed by atoms with E-state index in [9.17, 15) is 13.2 Å². The van der Waals surface area contributed by atoms with Gasteiger partial charge in [0.25, 0.3) is 0 Å². The van der Waals surface area contributed by atoms with Gasteiger partial charge in [0.1, 0.15) is 15.6 Å². The van der Waals surface area contributed by atoms with E-state index < -0.39 is 16.0 Å². The molecule has 0 bridgehead atoms. The zero-order chi connectivity index (χ0) is 14.0. The molecule has 2 aromatic heterocycles. The highest BCUT2D eigenvalue weighted by atomic mass is 32.2. The molecule has 7 nitrogen and oxygen atoms in total. The molecule has 2 rings (SSSR count). The van der Waals surface area contributed by atoms with Crippen molar-refractivity contribution in [2.45, 2.75) is 11.4 Å². The van der Waals surface area contributed by atoms with E-state index in [0.29, 0.717) is 5.82 Å². The van der Waals surface area contributed by atoms with Crippen LogP contribution in [0.4, 0.5) is 0 Å². The number of hydrogen-bond acceptors (Lipinski definition) is 5. The Kier molecular flexibility index (Phi) is 3.69. The minimum atomic E-state index is -3.84. The van der Waals surface area contributed by atoms with Gasteiger partial charge in [0.2, 0.25) is 10.0 Å². The Labute approximate surface area is 113 Å². The Morgan fingerprint density at radius 2 is 2.32 bits per heavy atom. The van der Waals surface area contributed by atoms with Gasteiger partial charge in [-0.1, -0.05) is 0 Å². The van der Waals surface area contributed by atoms with Crippen molar-refractivity contribution >= 4 is 27.3 Å². The van der Waals surface area contributed by atoms with E-state index in [1.54, 1.807) is 6.20 Å². The first kappa shape index (κ1) is 13.7. The molecule has 0 amide bonds. The number of nitrogens with zero attached hydrogens (tertiary/aromatic N) is 2. The first-order valence-electron chi connectivity index (χ1n) is 5.18. The standard InChI is InChI=1S/C10H11N3O4S2/c1-13(6-8-11-3-4-12-8)19(16,17)7-2-5-18-9(7)10(14)15/h2-5H,6H2,1H3,(H,11,12)(H,14,15). The van der Waals surface area contributed by atoms with Crippen molar-refractivity contribution in [3.8, 4) is 0 Å². The van der Waals surface area contributed by atoms with Crippen LogP contribution in [0.15, 0.2) is 28.7 Å². The van der Waals surface area contributed by atoms with E-state index in [-0.39, 0.29) is 16.3 Å². The summed E-state index contributed by atoms with van der Waals surface area (Å²) in [5.41, 5.74) is 0. The van der Waals surface area contributed by atoms with Gasteiger partial charge in [-0.3, -0.25) is 0 Å². The fourth-order valence-electron chi connectivity index (χ4n) is 1.50. The van der Waals surface area contributed by atoms with Crippen LogP contribution >= 0.6 is 11.3 Å². The molecular formula is C10H11N3O4S2. The van der Waals surface area contributed by atoms with E-state index in [0.717, 1.165) is 15.6 Å². The molecule has 19 heavy (non-hydrogen) atoms. The van der Waals surface area contributed by atoms with Crippen molar-refractivity contribution in [1.29, 1.82) is 0 Å². The van der Waals surface area contributed by atoms with Gasteiger partial charge in [0.05, 0.1) is 6.54 Å². The molecule has 0 radical (unpaired) electrons. The van der Waals surface area contributed by atoms with Gasteiger partial charge >= 0.3 is 5.97 Å². The number of rotatable bonds is 5. The van der Waals surface area contributed by atoms with Crippen LogP contribution in [0.25, 0.3) is 0 Å². The maximum absolute atomic E-state index is 12.3. The number of aromatic nitrogens is 2. The Morgan fingerprint density at radius 3 is 2.89 bits per heavy atom. The molecule has 0 unspecified atom stereocenters. The van der Waals surface area contributed by atoms with Crippen molar-refractivity contribution < 1.29 is 18.3 Å². The molecule has 0 aliphatic heterocycles. The lowest BCUT2D eigenvalue weighted by Crippen LogP contribution is -2.27. The summed E-state index contributed by atoms with van der Waals surface area (Å²) in [4.78, 5) is 17.3. The van der Waals surface area contributed by atoms with Crippen LogP contribution in [0.1, 0.15) is 15.5 Å². The Morgan fingerprint density at radius 1 is 1.58 bits per heavy atom. The number of aromatic amines is 1. The molecule has 0 saturated carbocycles. The summed E-state index contributed by atoms with van der Waals surface area (Å²) in [6, 6.07) is 1.29. The van der Waals surface area contributed by atoms with Crippen LogP contribution in [0.2, 0.25) is 0 Å². The van der Waals surface area contributed by atoms with E-state index in [1.165, 1.54) is 24.7 Å². The van der Waals surface area contributed by atoms with Gasteiger partial charge in [0.15, 0.2) is 0 Å². The van der Waals surface area contributed by atoms with Crippen LogP contribution < -0.4 is 0 Å². The number of carboxylic acids is 1. The number of carbonyl (C=O) groups is 1. The van der Waals surface area contributed by atoms with Crippen LogP contribution in [-0.4, -0.2) is 40.8 Å². The first-order valence-corrected chi connectivity index (χ1v) is 7.50. The lowest BCUT2D eigenvalue weighted by Gasteiger charge is -2.15. The van der Waals surface area contributed by atoms with Crippen LogP contribution in [-0.2, 0) is 16.6 Å². The van der Waals surface area contributed by atoms with E-state index in [1.807, 2.05) is 0 Å². The summed E-state index contributed by atoms with van der Waals surface area (Å²) in [5.74, 6) is -0.766. The molecular weight excluding hydrogens is 290 g/mol. The molecule has 0 saturated heterocycles. The Bertz CT molecular complexity index is 675. The second-order valence-electron chi connectivity index (χ2n) is 3.72. The molecule has 0 fully saturated rings. The third-order valence-electron chi connectivity index (χ3n) is 2.44. The lowest BCUT2D eigenvalue weighted by molar-refractivity contribution is 0.0698. The smallest absolute Gasteiger partial charge is 0.347 e. The molecule has 102 valence electrons. The molecule has 0 spiro atoms. The minimum absolute atomic E-state index is 0.0459. The summed E-state index contributed by atoms with van der Waals surface area (Å²) in [5, 5.41) is 10.4. The predicted molar refractivity (Wildman–Crippen MR) is 68.5 cm³/mol. The maximum Gasteiger partial charge on any atom is 0.347 e. The first-order chi connectivity index (χ1) is 8.93. The largest absolute Gasteiger partial charge is 0.477 e. The minimum Gasteiger partial charge on any atom is -0.477 e. The van der Waals surface area contributed by atoms with Crippen LogP contribution in [0, 0.1) is 0 Å². The average Bonchev–Trinajstić information content (AvgIpc) is 2.98.